The Bertz CT molecular complexity index is 493. The Morgan fingerprint density at radius 2 is 2.06 bits per heavy atom. The molecule has 0 radical (unpaired) electrons. The second-order valence-electron chi connectivity index (χ2n) is 4.56. The molecule has 1 heterocycles. The van der Waals surface area contributed by atoms with Crippen LogP contribution in [0.3, 0.4) is 0 Å². The van der Waals surface area contributed by atoms with Gasteiger partial charge in [0.1, 0.15) is 0 Å². The Hall–Kier alpha value is -1.50. The fraction of sp³-hybridized carbons (Fsp3) is 0.375. The standard InChI is InChI=1S/C16H21N/c1-3-5-6-11-16-15-10-8-7-9-14(15)13-17(16)12-4-2/h4,7-10,13H,2-3,5-6,11-12H2,1H3. The summed E-state index contributed by atoms with van der Waals surface area (Å²) in [5.41, 5.74) is 1.47. The first-order valence-electron chi connectivity index (χ1n) is 6.54. The maximum Gasteiger partial charge on any atom is 0.0400 e. The Morgan fingerprint density at radius 3 is 2.82 bits per heavy atom. The number of unbranched alkanes of at least 4 members (excludes halogenated alkanes) is 2. The molecular weight excluding hydrogens is 206 g/mol. The van der Waals surface area contributed by atoms with E-state index in [2.05, 4.69) is 48.5 Å². The zero-order valence-corrected chi connectivity index (χ0v) is 10.7. The summed E-state index contributed by atoms with van der Waals surface area (Å²) in [6.45, 7) is 7.01. The fourth-order valence-corrected chi connectivity index (χ4v) is 2.40. The summed E-state index contributed by atoms with van der Waals surface area (Å²) in [4.78, 5) is 0. The summed E-state index contributed by atoms with van der Waals surface area (Å²) in [7, 11) is 0. The number of aromatic nitrogens is 1. The van der Waals surface area contributed by atoms with Gasteiger partial charge >= 0.3 is 0 Å². The molecule has 2 rings (SSSR count). The van der Waals surface area contributed by atoms with Crippen molar-refractivity contribution in [2.75, 3.05) is 0 Å². The van der Waals surface area contributed by atoms with Crippen molar-refractivity contribution in [3.63, 3.8) is 0 Å². The van der Waals surface area contributed by atoms with Crippen molar-refractivity contribution in [1.82, 2.24) is 4.57 Å². The lowest BCUT2D eigenvalue weighted by molar-refractivity contribution is 0.675. The van der Waals surface area contributed by atoms with Crippen LogP contribution in [0.5, 0.6) is 0 Å². The van der Waals surface area contributed by atoms with Gasteiger partial charge in [-0.2, -0.15) is 0 Å². The lowest BCUT2D eigenvalue weighted by atomic mass is 10.1. The summed E-state index contributed by atoms with van der Waals surface area (Å²) in [6, 6.07) is 8.66. The number of benzene rings is 1. The highest BCUT2D eigenvalue weighted by molar-refractivity contribution is 5.85. The maximum absolute atomic E-state index is 3.84. The number of allylic oxidation sites excluding steroid dienone is 1. The van der Waals surface area contributed by atoms with Crippen LogP contribution in [0, 0.1) is 0 Å². The Labute approximate surface area is 104 Å². The Kier molecular flexibility index (Phi) is 4.03. The molecule has 0 aliphatic heterocycles. The topological polar surface area (TPSA) is 4.93 Å². The molecule has 0 N–H and O–H groups in total. The molecule has 2 aromatic rings. The van der Waals surface area contributed by atoms with E-state index >= 15 is 0 Å². The predicted molar refractivity (Wildman–Crippen MR) is 75.4 cm³/mol. The average Bonchev–Trinajstić information content (AvgIpc) is 2.69. The second kappa shape index (κ2) is 5.72. The summed E-state index contributed by atoms with van der Waals surface area (Å²) in [6.07, 6.45) is 9.27. The van der Waals surface area contributed by atoms with Crippen molar-refractivity contribution in [2.45, 2.75) is 39.2 Å². The summed E-state index contributed by atoms with van der Waals surface area (Å²) in [5.74, 6) is 0. The lowest BCUT2D eigenvalue weighted by Crippen LogP contribution is -2.00. The zero-order chi connectivity index (χ0) is 12.1. The first-order valence-corrected chi connectivity index (χ1v) is 6.54. The third kappa shape index (κ3) is 2.60. The molecular formula is C16H21N. The molecule has 1 aromatic carbocycles. The zero-order valence-electron chi connectivity index (χ0n) is 10.7. The van der Waals surface area contributed by atoms with Gasteiger partial charge in [-0.1, -0.05) is 50.1 Å². The molecule has 0 saturated carbocycles. The van der Waals surface area contributed by atoms with Crippen molar-refractivity contribution in [3.8, 4) is 0 Å². The minimum atomic E-state index is 0.913. The van der Waals surface area contributed by atoms with Gasteiger partial charge in [0.05, 0.1) is 0 Å². The first-order chi connectivity index (χ1) is 8.36. The third-order valence-corrected chi connectivity index (χ3v) is 3.26. The van der Waals surface area contributed by atoms with Crippen molar-refractivity contribution >= 4 is 10.8 Å². The number of rotatable bonds is 6. The van der Waals surface area contributed by atoms with E-state index in [9.17, 15) is 0 Å². The average molecular weight is 227 g/mol. The molecule has 0 amide bonds. The van der Waals surface area contributed by atoms with Crippen LogP contribution in [0.2, 0.25) is 0 Å². The predicted octanol–water partition coefficient (Wildman–Crippen LogP) is 4.56. The van der Waals surface area contributed by atoms with E-state index in [1.54, 1.807) is 0 Å². The molecule has 0 fully saturated rings. The van der Waals surface area contributed by atoms with Crippen molar-refractivity contribution in [3.05, 3.63) is 48.8 Å². The molecule has 1 aromatic heterocycles. The molecule has 0 atom stereocenters. The van der Waals surface area contributed by atoms with Crippen molar-refractivity contribution in [1.29, 1.82) is 0 Å². The largest absolute Gasteiger partial charge is 0.346 e. The summed E-state index contributed by atoms with van der Waals surface area (Å²) < 4.78 is 2.34. The second-order valence-corrected chi connectivity index (χ2v) is 4.56. The molecule has 0 saturated heterocycles. The highest BCUT2D eigenvalue weighted by atomic mass is 15.0. The number of hydrogen-bond donors (Lipinski definition) is 0. The minimum absolute atomic E-state index is 0.913. The van der Waals surface area contributed by atoms with Gasteiger partial charge in [-0.25, -0.2) is 0 Å². The number of fused-ring (bicyclic) bond motifs is 1. The van der Waals surface area contributed by atoms with Crippen molar-refractivity contribution in [2.24, 2.45) is 0 Å². The van der Waals surface area contributed by atoms with Gasteiger partial charge < -0.3 is 4.57 Å². The molecule has 0 aliphatic rings. The van der Waals surface area contributed by atoms with E-state index in [1.165, 1.54) is 42.1 Å². The van der Waals surface area contributed by atoms with Gasteiger partial charge in [0, 0.05) is 23.8 Å². The van der Waals surface area contributed by atoms with Crippen molar-refractivity contribution < 1.29 is 0 Å². The summed E-state index contributed by atoms with van der Waals surface area (Å²) in [5, 5.41) is 2.76. The van der Waals surface area contributed by atoms with Crippen LogP contribution < -0.4 is 0 Å². The van der Waals surface area contributed by atoms with E-state index < -0.39 is 0 Å². The number of hydrogen-bond acceptors (Lipinski definition) is 0. The van der Waals surface area contributed by atoms with Crippen LogP contribution in [-0.4, -0.2) is 4.57 Å². The van der Waals surface area contributed by atoms with E-state index in [-0.39, 0.29) is 0 Å². The van der Waals surface area contributed by atoms with Gasteiger partial charge in [-0.3, -0.25) is 0 Å². The SMILES string of the molecule is C=CCn1cc2ccccc2c1CCCCC. The highest BCUT2D eigenvalue weighted by Gasteiger charge is 2.07. The van der Waals surface area contributed by atoms with E-state index in [0.717, 1.165) is 6.54 Å². The maximum atomic E-state index is 3.84. The molecule has 17 heavy (non-hydrogen) atoms. The van der Waals surface area contributed by atoms with Gasteiger partial charge in [0.15, 0.2) is 0 Å². The molecule has 0 spiro atoms. The Morgan fingerprint density at radius 1 is 1.24 bits per heavy atom. The molecule has 1 nitrogen and oxygen atoms in total. The Balaban J connectivity index is 2.33. The number of nitrogens with zero attached hydrogens (tertiary/aromatic N) is 1. The first kappa shape index (κ1) is 12.0. The van der Waals surface area contributed by atoms with Gasteiger partial charge in [-0.15, -0.1) is 6.58 Å². The lowest BCUT2D eigenvalue weighted by Gasteiger charge is -2.06. The van der Waals surface area contributed by atoms with Crippen LogP contribution >= 0.6 is 0 Å². The van der Waals surface area contributed by atoms with E-state index in [0.29, 0.717) is 0 Å². The normalized spacial score (nSPS) is 10.9. The van der Waals surface area contributed by atoms with Gasteiger partial charge in [0.25, 0.3) is 0 Å². The molecule has 0 bridgehead atoms. The van der Waals surface area contributed by atoms with Gasteiger partial charge in [-0.05, 0) is 18.2 Å². The van der Waals surface area contributed by atoms with E-state index in [1.807, 2.05) is 6.08 Å². The van der Waals surface area contributed by atoms with Crippen LogP contribution in [-0.2, 0) is 13.0 Å². The van der Waals surface area contributed by atoms with Crippen LogP contribution in [0.25, 0.3) is 10.8 Å². The van der Waals surface area contributed by atoms with E-state index in [4.69, 9.17) is 0 Å². The van der Waals surface area contributed by atoms with Gasteiger partial charge in [0.2, 0.25) is 0 Å². The van der Waals surface area contributed by atoms with Crippen LogP contribution in [0.4, 0.5) is 0 Å². The minimum Gasteiger partial charge on any atom is -0.346 e. The fourth-order valence-electron chi connectivity index (χ4n) is 2.40. The monoisotopic (exact) mass is 227 g/mol. The number of aryl methyl sites for hydroxylation is 1. The molecule has 0 aliphatic carbocycles. The molecule has 0 unspecified atom stereocenters. The smallest absolute Gasteiger partial charge is 0.0400 e. The highest BCUT2D eigenvalue weighted by Crippen LogP contribution is 2.23. The molecule has 1 heteroatoms. The molecule has 90 valence electrons. The third-order valence-electron chi connectivity index (χ3n) is 3.26. The summed E-state index contributed by atoms with van der Waals surface area (Å²) >= 11 is 0. The quantitative estimate of drug-likeness (QED) is 0.503. The van der Waals surface area contributed by atoms with Crippen LogP contribution in [0.1, 0.15) is 31.9 Å². The van der Waals surface area contributed by atoms with Crippen LogP contribution in [0.15, 0.2) is 43.1 Å².